The van der Waals surface area contributed by atoms with Crippen LogP contribution in [0.1, 0.15) is 32.1 Å². The zero-order valence-corrected chi connectivity index (χ0v) is 9.93. The maximum absolute atomic E-state index is 11.7. The van der Waals surface area contributed by atoms with Crippen molar-refractivity contribution in [2.24, 2.45) is 5.92 Å². The fraction of sp³-hybridized carbons (Fsp3) is 0.833. The van der Waals surface area contributed by atoms with Crippen molar-refractivity contribution in [3.05, 3.63) is 0 Å². The first-order valence-corrected chi connectivity index (χ1v) is 6.29. The third-order valence-electron chi connectivity index (χ3n) is 3.54. The van der Waals surface area contributed by atoms with Crippen LogP contribution >= 0.6 is 0 Å². The Hall–Kier alpha value is -1.10. The maximum atomic E-state index is 11.7. The number of nitrogens with zero attached hydrogens (tertiary/aromatic N) is 1. The fourth-order valence-electron chi connectivity index (χ4n) is 2.32. The second-order valence-corrected chi connectivity index (χ2v) is 4.86. The zero-order chi connectivity index (χ0) is 12.3. The molecular weight excluding hydrogens is 222 g/mol. The van der Waals surface area contributed by atoms with Crippen LogP contribution in [0, 0.1) is 5.92 Å². The molecule has 0 aromatic carbocycles. The number of rotatable bonds is 4. The number of hydrogen-bond acceptors (Lipinski definition) is 3. The molecule has 1 unspecified atom stereocenters. The summed E-state index contributed by atoms with van der Waals surface area (Å²) in [5.41, 5.74) is 0. The molecule has 1 amide bonds. The van der Waals surface area contributed by atoms with E-state index in [1.54, 1.807) is 4.90 Å². The van der Waals surface area contributed by atoms with E-state index in [2.05, 4.69) is 0 Å². The highest BCUT2D eigenvalue weighted by molar-refractivity contribution is 5.80. The molecule has 5 heteroatoms. The van der Waals surface area contributed by atoms with Crippen LogP contribution in [0.3, 0.4) is 0 Å². The maximum Gasteiger partial charge on any atom is 0.310 e. The number of carboxylic acid groups (broad SMARTS) is 1. The first kappa shape index (κ1) is 12.4. The van der Waals surface area contributed by atoms with Gasteiger partial charge in [0.25, 0.3) is 0 Å². The lowest BCUT2D eigenvalue weighted by Gasteiger charge is -2.37. The van der Waals surface area contributed by atoms with Gasteiger partial charge in [-0.05, 0) is 25.7 Å². The number of carbonyl (C=O) groups is 2. The van der Waals surface area contributed by atoms with Crippen LogP contribution in [-0.2, 0) is 14.3 Å². The van der Waals surface area contributed by atoms with Gasteiger partial charge in [-0.3, -0.25) is 9.59 Å². The van der Waals surface area contributed by atoms with Crippen LogP contribution in [0.25, 0.3) is 0 Å². The molecule has 2 fully saturated rings. The van der Waals surface area contributed by atoms with Crippen molar-refractivity contribution in [2.45, 2.75) is 38.2 Å². The van der Waals surface area contributed by atoms with Gasteiger partial charge in [-0.2, -0.15) is 0 Å². The molecule has 2 rings (SSSR count). The van der Waals surface area contributed by atoms with Crippen molar-refractivity contribution >= 4 is 11.9 Å². The molecule has 0 radical (unpaired) electrons. The Balaban J connectivity index is 1.63. The van der Waals surface area contributed by atoms with E-state index < -0.39 is 5.97 Å². The number of carboxylic acids is 1. The van der Waals surface area contributed by atoms with Gasteiger partial charge in [0.2, 0.25) is 5.91 Å². The fourth-order valence-corrected chi connectivity index (χ4v) is 2.32. The molecule has 17 heavy (non-hydrogen) atoms. The Labute approximate surface area is 101 Å². The molecule has 5 nitrogen and oxygen atoms in total. The van der Waals surface area contributed by atoms with Crippen LogP contribution in [-0.4, -0.2) is 47.7 Å². The molecular formula is C12H19NO4. The van der Waals surface area contributed by atoms with Crippen LogP contribution in [0.2, 0.25) is 0 Å². The predicted molar refractivity (Wildman–Crippen MR) is 60.5 cm³/mol. The number of ether oxygens (including phenoxy) is 1. The van der Waals surface area contributed by atoms with E-state index in [0.29, 0.717) is 19.5 Å². The van der Waals surface area contributed by atoms with Gasteiger partial charge in [0.15, 0.2) is 0 Å². The van der Waals surface area contributed by atoms with E-state index >= 15 is 0 Å². The zero-order valence-electron chi connectivity index (χ0n) is 9.93. The van der Waals surface area contributed by atoms with Gasteiger partial charge in [-0.25, -0.2) is 0 Å². The van der Waals surface area contributed by atoms with E-state index in [1.807, 2.05) is 0 Å². The molecule has 2 aliphatic heterocycles. The van der Waals surface area contributed by atoms with Crippen molar-refractivity contribution in [1.29, 1.82) is 0 Å². The highest BCUT2D eigenvalue weighted by atomic mass is 16.5. The Morgan fingerprint density at radius 3 is 2.65 bits per heavy atom. The minimum Gasteiger partial charge on any atom is -0.481 e. The van der Waals surface area contributed by atoms with E-state index in [4.69, 9.17) is 9.84 Å². The smallest absolute Gasteiger partial charge is 0.310 e. The van der Waals surface area contributed by atoms with E-state index in [9.17, 15) is 9.59 Å². The Morgan fingerprint density at radius 1 is 1.29 bits per heavy atom. The normalized spacial score (nSPS) is 25.4. The minimum absolute atomic E-state index is 0.0664. The van der Waals surface area contributed by atoms with Gasteiger partial charge in [0.1, 0.15) is 0 Å². The molecule has 2 saturated heterocycles. The summed E-state index contributed by atoms with van der Waals surface area (Å²) in [5.74, 6) is -1.09. The predicted octanol–water partition coefficient (Wildman–Crippen LogP) is 0.879. The third kappa shape index (κ3) is 3.19. The van der Waals surface area contributed by atoms with Crippen LogP contribution in [0.5, 0.6) is 0 Å². The molecule has 0 aliphatic carbocycles. The standard InChI is InChI=1S/C12H19NO4/c14-11(13-7-9(8-13)12(15)16)5-4-10-3-1-2-6-17-10/h9-10H,1-8H2,(H,15,16). The second kappa shape index (κ2) is 5.49. The first-order chi connectivity index (χ1) is 8.16. The van der Waals surface area contributed by atoms with Crippen molar-refractivity contribution in [3.8, 4) is 0 Å². The highest BCUT2D eigenvalue weighted by Crippen LogP contribution is 2.20. The average Bonchev–Trinajstić information content (AvgIpc) is 2.25. The molecule has 2 aliphatic rings. The third-order valence-corrected chi connectivity index (χ3v) is 3.54. The minimum atomic E-state index is -0.801. The van der Waals surface area contributed by atoms with Gasteiger partial charge in [0, 0.05) is 26.1 Å². The molecule has 0 saturated carbocycles. The molecule has 0 aromatic rings. The topological polar surface area (TPSA) is 66.8 Å². The van der Waals surface area contributed by atoms with Crippen LogP contribution in [0.15, 0.2) is 0 Å². The van der Waals surface area contributed by atoms with Gasteiger partial charge in [-0.15, -0.1) is 0 Å². The van der Waals surface area contributed by atoms with Crippen LogP contribution < -0.4 is 0 Å². The SMILES string of the molecule is O=C(O)C1CN(C(=O)CCC2CCCCO2)C1. The Morgan fingerprint density at radius 2 is 2.06 bits per heavy atom. The number of aliphatic carboxylic acids is 1. The molecule has 96 valence electrons. The van der Waals surface area contributed by atoms with Gasteiger partial charge in [0.05, 0.1) is 12.0 Å². The summed E-state index contributed by atoms with van der Waals surface area (Å²) in [6.07, 6.45) is 4.83. The lowest BCUT2D eigenvalue weighted by atomic mass is 9.98. The molecule has 0 aromatic heterocycles. The van der Waals surface area contributed by atoms with E-state index in [0.717, 1.165) is 25.9 Å². The summed E-state index contributed by atoms with van der Waals surface area (Å²) in [5, 5.41) is 8.71. The molecule has 0 bridgehead atoms. The monoisotopic (exact) mass is 241 g/mol. The first-order valence-electron chi connectivity index (χ1n) is 6.29. The largest absolute Gasteiger partial charge is 0.481 e. The van der Waals surface area contributed by atoms with Gasteiger partial charge >= 0.3 is 5.97 Å². The lowest BCUT2D eigenvalue weighted by Crippen LogP contribution is -2.53. The van der Waals surface area contributed by atoms with Crippen molar-refractivity contribution in [1.82, 2.24) is 4.90 Å². The Bertz CT molecular complexity index is 293. The number of likely N-dealkylation sites (tertiary alicyclic amines) is 1. The van der Waals surface area contributed by atoms with Crippen LogP contribution in [0.4, 0.5) is 0 Å². The van der Waals surface area contributed by atoms with Crippen molar-refractivity contribution in [3.63, 3.8) is 0 Å². The summed E-state index contributed by atoms with van der Waals surface area (Å²) >= 11 is 0. The summed E-state index contributed by atoms with van der Waals surface area (Å²) in [6.45, 7) is 1.56. The molecule has 2 heterocycles. The number of carbonyl (C=O) groups excluding carboxylic acids is 1. The van der Waals surface area contributed by atoms with Gasteiger partial charge in [-0.1, -0.05) is 0 Å². The summed E-state index contributed by atoms with van der Waals surface area (Å²) in [7, 11) is 0. The highest BCUT2D eigenvalue weighted by Gasteiger charge is 2.35. The summed E-state index contributed by atoms with van der Waals surface area (Å²) in [6, 6.07) is 0. The summed E-state index contributed by atoms with van der Waals surface area (Å²) < 4.78 is 5.55. The van der Waals surface area contributed by atoms with Crippen molar-refractivity contribution in [2.75, 3.05) is 19.7 Å². The van der Waals surface area contributed by atoms with E-state index in [-0.39, 0.29) is 17.9 Å². The average molecular weight is 241 g/mol. The lowest BCUT2D eigenvalue weighted by molar-refractivity contribution is -0.153. The number of amides is 1. The number of hydrogen-bond donors (Lipinski definition) is 1. The second-order valence-electron chi connectivity index (χ2n) is 4.86. The summed E-state index contributed by atoms with van der Waals surface area (Å²) in [4.78, 5) is 23.9. The van der Waals surface area contributed by atoms with E-state index in [1.165, 1.54) is 6.42 Å². The Kier molecular flexibility index (Phi) is 3.99. The van der Waals surface area contributed by atoms with Gasteiger partial charge < -0.3 is 14.7 Å². The quantitative estimate of drug-likeness (QED) is 0.793. The van der Waals surface area contributed by atoms with Crippen molar-refractivity contribution < 1.29 is 19.4 Å². The molecule has 1 N–H and O–H groups in total. The molecule has 0 spiro atoms. The molecule has 1 atom stereocenters.